The second-order valence-corrected chi connectivity index (χ2v) is 5.06. The van der Waals surface area contributed by atoms with Gasteiger partial charge in [-0.1, -0.05) is 23.2 Å². The molecule has 0 saturated carbocycles. The Bertz CT molecular complexity index is 431. The third kappa shape index (κ3) is 3.51. The smallest absolute Gasteiger partial charge is 0.255 e. The largest absolute Gasteiger partial charge is 1.00 e. The van der Waals surface area contributed by atoms with Crippen LogP contribution in [0.5, 0.6) is 0 Å². The van der Waals surface area contributed by atoms with Gasteiger partial charge in [0.05, 0.1) is 10.6 Å². The second-order valence-electron chi connectivity index (χ2n) is 4.22. The minimum atomic E-state index is -0.0141. The summed E-state index contributed by atoms with van der Waals surface area (Å²) in [5, 5.41) is 0.964. The zero-order chi connectivity index (χ0) is 12.4. The van der Waals surface area contributed by atoms with Crippen LogP contribution in [0.3, 0.4) is 0 Å². The third-order valence-corrected chi connectivity index (χ3v) is 3.50. The molecule has 0 radical (unpaired) electrons. The predicted molar refractivity (Wildman–Crippen MR) is 69.9 cm³/mol. The highest BCUT2D eigenvalue weighted by atomic mass is 35.5. The molecule has 0 aromatic heterocycles. The van der Waals surface area contributed by atoms with Gasteiger partial charge in [0.25, 0.3) is 5.91 Å². The molecule has 0 spiro atoms. The van der Waals surface area contributed by atoms with Crippen molar-refractivity contribution >= 4 is 29.1 Å². The maximum atomic E-state index is 12.2. The van der Waals surface area contributed by atoms with E-state index in [0.29, 0.717) is 15.6 Å². The zero-order valence-electron chi connectivity index (χ0n) is 10.00. The number of amides is 1. The van der Waals surface area contributed by atoms with E-state index in [-0.39, 0.29) is 18.3 Å². The van der Waals surface area contributed by atoms with Gasteiger partial charge in [0, 0.05) is 31.2 Å². The summed E-state index contributed by atoms with van der Waals surface area (Å²) >= 11 is 11.8. The molecule has 1 heterocycles. The Morgan fingerprint density at radius 1 is 1.17 bits per heavy atom. The van der Waals surface area contributed by atoms with Crippen molar-refractivity contribution in [3.63, 3.8) is 0 Å². The maximum Gasteiger partial charge on any atom is 0.255 e. The van der Waals surface area contributed by atoms with E-state index >= 15 is 0 Å². The Kier molecular flexibility index (Phi) is 5.73. The van der Waals surface area contributed by atoms with Crippen LogP contribution in [-0.4, -0.2) is 48.9 Å². The van der Waals surface area contributed by atoms with E-state index in [4.69, 9.17) is 23.2 Å². The van der Waals surface area contributed by atoms with Crippen LogP contribution in [0.1, 0.15) is 10.4 Å². The van der Waals surface area contributed by atoms with E-state index in [2.05, 4.69) is 11.9 Å². The number of piperazine rings is 1. The van der Waals surface area contributed by atoms with Crippen LogP contribution >= 0.6 is 23.2 Å². The first-order valence-electron chi connectivity index (χ1n) is 5.51. The van der Waals surface area contributed by atoms with Crippen LogP contribution in [0.25, 0.3) is 0 Å². The van der Waals surface area contributed by atoms with Gasteiger partial charge in [-0.25, -0.2) is 0 Å². The van der Waals surface area contributed by atoms with Crippen molar-refractivity contribution in [2.24, 2.45) is 0 Å². The van der Waals surface area contributed by atoms with Gasteiger partial charge < -0.3 is 22.2 Å². The molecule has 1 amide bonds. The minimum absolute atomic E-state index is 0. The van der Waals surface area contributed by atoms with Crippen molar-refractivity contribution < 1.29 is 17.2 Å². The summed E-state index contributed by atoms with van der Waals surface area (Å²) < 4.78 is 0. The predicted octanol–water partition coefficient (Wildman–Crippen LogP) is -0.615. The van der Waals surface area contributed by atoms with Gasteiger partial charge >= 0.3 is 0 Å². The number of halogens is 3. The van der Waals surface area contributed by atoms with Crippen molar-refractivity contribution in [1.29, 1.82) is 0 Å². The molecule has 3 nitrogen and oxygen atoms in total. The lowest BCUT2D eigenvalue weighted by Crippen LogP contribution is -3.00. The highest BCUT2D eigenvalue weighted by Crippen LogP contribution is 2.22. The number of hydrogen-bond acceptors (Lipinski definition) is 2. The van der Waals surface area contributed by atoms with Gasteiger partial charge in [0.2, 0.25) is 0 Å². The number of carbonyl (C=O) groups excluding carboxylic acids is 1. The lowest BCUT2D eigenvalue weighted by atomic mass is 10.2. The van der Waals surface area contributed by atoms with Crippen LogP contribution in [0.4, 0.5) is 0 Å². The molecular formula is C12H14Cl3N2O-. The van der Waals surface area contributed by atoms with Gasteiger partial charge in [-0.05, 0) is 25.2 Å². The third-order valence-electron chi connectivity index (χ3n) is 2.95. The van der Waals surface area contributed by atoms with E-state index in [1.807, 2.05) is 4.90 Å². The van der Waals surface area contributed by atoms with Gasteiger partial charge in [0.1, 0.15) is 0 Å². The Labute approximate surface area is 123 Å². The van der Waals surface area contributed by atoms with E-state index < -0.39 is 0 Å². The summed E-state index contributed by atoms with van der Waals surface area (Å²) in [5.41, 5.74) is 0.528. The summed E-state index contributed by atoms with van der Waals surface area (Å²) in [5.74, 6) is -0.0141. The van der Waals surface area contributed by atoms with Crippen molar-refractivity contribution in [3.05, 3.63) is 33.8 Å². The molecular weight excluding hydrogens is 295 g/mol. The summed E-state index contributed by atoms with van der Waals surface area (Å²) in [6.07, 6.45) is 0. The summed E-state index contributed by atoms with van der Waals surface area (Å²) in [7, 11) is 2.05. The Hall–Kier alpha value is -0.480. The molecule has 0 aliphatic carbocycles. The highest BCUT2D eigenvalue weighted by molar-refractivity contribution is 6.36. The number of hydrogen-bond donors (Lipinski definition) is 0. The fourth-order valence-electron chi connectivity index (χ4n) is 1.84. The molecule has 1 aliphatic heterocycles. The van der Waals surface area contributed by atoms with Crippen LogP contribution in [0, 0.1) is 0 Å². The lowest BCUT2D eigenvalue weighted by Gasteiger charge is -2.32. The van der Waals surface area contributed by atoms with Crippen molar-refractivity contribution in [2.45, 2.75) is 0 Å². The number of nitrogens with zero attached hydrogens (tertiary/aromatic N) is 2. The molecule has 1 aliphatic rings. The topological polar surface area (TPSA) is 23.6 Å². The highest BCUT2D eigenvalue weighted by Gasteiger charge is 2.21. The number of rotatable bonds is 1. The normalized spacial score (nSPS) is 16.3. The monoisotopic (exact) mass is 307 g/mol. The van der Waals surface area contributed by atoms with Crippen molar-refractivity contribution in [1.82, 2.24) is 9.80 Å². The van der Waals surface area contributed by atoms with Gasteiger partial charge in [-0.3, -0.25) is 4.79 Å². The molecule has 100 valence electrons. The average molecular weight is 309 g/mol. The van der Waals surface area contributed by atoms with Gasteiger partial charge in [-0.15, -0.1) is 0 Å². The average Bonchev–Trinajstić information content (AvgIpc) is 2.29. The van der Waals surface area contributed by atoms with Crippen LogP contribution in [-0.2, 0) is 0 Å². The first-order valence-corrected chi connectivity index (χ1v) is 6.26. The molecule has 1 aromatic carbocycles. The first kappa shape index (κ1) is 15.6. The van der Waals surface area contributed by atoms with Crippen LogP contribution in [0.2, 0.25) is 10.0 Å². The molecule has 0 bridgehead atoms. The SMILES string of the molecule is CN1CCN(C(=O)c2ccc(Cl)cc2Cl)CC1.[Cl-]. The molecule has 0 unspecified atom stereocenters. The summed E-state index contributed by atoms with van der Waals surface area (Å²) in [4.78, 5) is 16.2. The molecule has 18 heavy (non-hydrogen) atoms. The Morgan fingerprint density at radius 2 is 1.78 bits per heavy atom. The van der Waals surface area contributed by atoms with Gasteiger partial charge in [0.15, 0.2) is 0 Å². The Morgan fingerprint density at radius 3 is 2.33 bits per heavy atom. The second kappa shape index (κ2) is 6.62. The van der Waals surface area contributed by atoms with Crippen molar-refractivity contribution in [3.8, 4) is 0 Å². The first-order chi connectivity index (χ1) is 8.08. The maximum absolute atomic E-state index is 12.2. The molecule has 0 N–H and O–H groups in total. The molecule has 0 atom stereocenters. The van der Waals surface area contributed by atoms with E-state index in [0.717, 1.165) is 26.2 Å². The number of benzene rings is 1. The number of likely N-dealkylation sites (N-methyl/N-ethyl adjacent to an activating group) is 1. The zero-order valence-corrected chi connectivity index (χ0v) is 12.3. The molecule has 1 fully saturated rings. The minimum Gasteiger partial charge on any atom is -1.00 e. The molecule has 2 rings (SSSR count). The fourth-order valence-corrected chi connectivity index (χ4v) is 2.33. The van der Waals surface area contributed by atoms with Crippen molar-refractivity contribution in [2.75, 3.05) is 33.2 Å². The summed E-state index contributed by atoms with van der Waals surface area (Å²) in [6, 6.07) is 4.98. The number of carbonyl (C=O) groups is 1. The quantitative estimate of drug-likeness (QED) is 0.691. The molecule has 1 saturated heterocycles. The van der Waals surface area contributed by atoms with Crippen LogP contribution in [0.15, 0.2) is 18.2 Å². The molecule has 1 aromatic rings. The standard InChI is InChI=1S/C12H14Cl2N2O.ClH/c1-15-4-6-16(7-5-15)12(17)10-3-2-9(13)8-11(10)14;/h2-3,8H,4-7H2,1H3;1H/p-1. The summed E-state index contributed by atoms with van der Waals surface area (Å²) in [6.45, 7) is 3.29. The fraction of sp³-hybridized carbons (Fsp3) is 0.417. The van der Waals surface area contributed by atoms with E-state index in [9.17, 15) is 4.79 Å². The van der Waals surface area contributed by atoms with Crippen LogP contribution < -0.4 is 12.4 Å². The lowest BCUT2D eigenvalue weighted by molar-refractivity contribution is -0.0000141. The Balaban J connectivity index is 0.00000162. The molecule has 6 heteroatoms. The van der Waals surface area contributed by atoms with Gasteiger partial charge in [-0.2, -0.15) is 0 Å². The van der Waals surface area contributed by atoms with E-state index in [1.54, 1.807) is 18.2 Å². The van der Waals surface area contributed by atoms with E-state index in [1.165, 1.54) is 0 Å².